The number of aliphatic hydroxyl groups is 1. The van der Waals surface area contributed by atoms with Crippen molar-refractivity contribution in [2.75, 3.05) is 18.1 Å². The summed E-state index contributed by atoms with van der Waals surface area (Å²) in [4.78, 5) is 17.9. The molecular weight excluding hydrogens is 501 g/mol. The largest absolute Gasteiger partial charge is 0.573 e. The second kappa shape index (κ2) is 12.6. The number of ether oxygens (including phenoxy) is 2. The lowest BCUT2D eigenvalue weighted by atomic mass is 10.1. The predicted molar refractivity (Wildman–Crippen MR) is 136 cm³/mol. The van der Waals surface area contributed by atoms with Gasteiger partial charge in [-0.25, -0.2) is 9.78 Å². The van der Waals surface area contributed by atoms with Gasteiger partial charge in [0, 0.05) is 25.9 Å². The first-order valence-electron chi connectivity index (χ1n) is 12.1. The molecule has 0 saturated carbocycles. The number of aromatic nitrogens is 1. The summed E-state index contributed by atoms with van der Waals surface area (Å²) in [5.41, 5.74) is 1.42. The van der Waals surface area contributed by atoms with Crippen LogP contribution in [0.1, 0.15) is 37.0 Å². The Labute approximate surface area is 219 Å². The number of carboxylic acid groups (broad SMARTS) is 1. The van der Waals surface area contributed by atoms with Crippen LogP contribution in [0.25, 0.3) is 0 Å². The molecule has 0 aliphatic carbocycles. The SMILES string of the molecule is CC(C)(Oc1ccc(CCN(Cc2ccc(OC(F)(F)F)cc2)c2ccc(CCCO)cn2)cc1)C(=O)O. The van der Waals surface area contributed by atoms with E-state index in [1.165, 1.54) is 26.0 Å². The number of pyridine rings is 1. The normalized spacial score (nSPS) is 11.7. The molecular formula is C28H31F3N2O5. The fourth-order valence-corrected chi connectivity index (χ4v) is 3.65. The van der Waals surface area contributed by atoms with Gasteiger partial charge in [0.15, 0.2) is 5.60 Å². The van der Waals surface area contributed by atoms with E-state index in [4.69, 9.17) is 9.84 Å². The van der Waals surface area contributed by atoms with Gasteiger partial charge < -0.3 is 24.6 Å². The molecule has 0 radical (unpaired) electrons. The Kier molecular flexibility index (Phi) is 9.57. The van der Waals surface area contributed by atoms with Crippen LogP contribution >= 0.6 is 0 Å². The third-order valence-corrected chi connectivity index (χ3v) is 5.77. The van der Waals surface area contributed by atoms with Gasteiger partial charge in [0.1, 0.15) is 17.3 Å². The quantitative estimate of drug-likeness (QED) is 0.305. The minimum absolute atomic E-state index is 0.0968. The monoisotopic (exact) mass is 532 g/mol. The van der Waals surface area contributed by atoms with Crippen molar-refractivity contribution >= 4 is 11.8 Å². The fourth-order valence-electron chi connectivity index (χ4n) is 3.65. The molecule has 0 aliphatic heterocycles. The number of carboxylic acids is 1. The third-order valence-electron chi connectivity index (χ3n) is 5.77. The van der Waals surface area contributed by atoms with Crippen LogP contribution in [0.3, 0.4) is 0 Å². The molecule has 2 N–H and O–H groups in total. The second-order valence-corrected chi connectivity index (χ2v) is 9.28. The number of nitrogens with zero attached hydrogens (tertiary/aromatic N) is 2. The van der Waals surface area contributed by atoms with Crippen molar-refractivity contribution in [1.29, 1.82) is 0 Å². The van der Waals surface area contributed by atoms with Crippen LogP contribution in [0.2, 0.25) is 0 Å². The first-order chi connectivity index (χ1) is 17.9. The standard InChI is InChI=1S/C28H31F3N2O5/c1-27(2,26(35)36)37-23-10-5-20(6-11-23)15-16-33(25-14-9-21(18-32-25)4-3-17-34)19-22-7-12-24(13-8-22)38-28(29,30)31/h5-14,18,34H,3-4,15-17,19H2,1-2H3,(H,35,36). The molecule has 3 rings (SSSR count). The number of hydrogen-bond acceptors (Lipinski definition) is 6. The number of aliphatic carboxylic acids is 1. The van der Waals surface area contributed by atoms with Crippen molar-refractivity contribution in [2.45, 2.75) is 51.6 Å². The minimum Gasteiger partial charge on any atom is -0.478 e. The number of hydrogen-bond donors (Lipinski definition) is 2. The number of halogens is 3. The molecule has 10 heteroatoms. The van der Waals surface area contributed by atoms with Crippen LogP contribution in [0, 0.1) is 0 Å². The van der Waals surface area contributed by atoms with E-state index in [0.29, 0.717) is 43.9 Å². The van der Waals surface area contributed by atoms with Crippen LogP contribution in [-0.2, 0) is 24.2 Å². The average Bonchev–Trinajstić information content (AvgIpc) is 2.86. The zero-order chi connectivity index (χ0) is 27.8. The summed E-state index contributed by atoms with van der Waals surface area (Å²) in [7, 11) is 0. The Morgan fingerprint density at radius 1 is 0.868 bits per heavy atom. The summed E-state index contributed by atoms with van der Waals surface area (Å²) in [5, 5.41) is 18.3. The molecule has 0 aliphatic rings. The van der Waals surface area contributed by atoms with E-state index >= 15 is 0 Å². The lowest BCUT2D eigenvalue weighted by Gasteiger charge is -2.25. The van der Waals surface area contributed by atoms with E-state index in [1.54, 1.807) is 30.5 Å². The lowest BCUT2D eigenvalue weighted by molar-refractivity contribution is -0.274. The van der Waals surface area contributed by atoms with Crippen molar-refractivity contribution in [3.63, 3.8) is 0 Å². The van der Waals surface area contributed by atoms with E-state index in [9.17, 15) is 23.1 Å². The van der Waals surface area contributed by atoms with Crippen LogP contribution < -0.4 is 14.4 Å². The first-order valence-corrected chi connectivity index (χ1v) is 12.1. The highest BCUT2D eigenvalue weighted by Crippen LogP contribution is 2.25. The molecule has 0 atom stereocenters. The van der Waals surface area contributed by atoms with Crippen molar-refractivity contribution in [1.82, 2.24) is 4.98 Å². The molecule has 2 aromatic carbocycles. The minimum atomic E-state index is -4.75. The zero-order valence-corrected chi connectivity index (χ0v) is 21.2. The number of rotatable bonds is 13. The molecule has 0 spiro atoms. The molecule has 3 aromatic rings. The van der Waals surface area contributed by atoms with Crippen molar-refractivity contribution in [2.24, 2.45) is 0 Å². The molecule has 0 fully saturated rings. The molecule has 0 saturated heterocycles. The number of benzene rings is 2. The fraction of sp³-hybridized carbons (Fsp3) is 0.357. The number of carbonyl (C=O) groups is 1. The molecule has 204 valence electrons. The predicted octanol–water partition coefficient (Wildman–Crippen LogP) is 5.40. The van der Waals surface area contributed by atoms with Gasteiger partial charge in [0.25, 0.3) is 0 Å². The van der Waals surface area contributed by atoms with E-state index in [-0.39, 0.29) is 12.4 Å². The molecule has 1 aromatic heterocycles. The number of aliphatic hydroxyl groups excluding tert-OH is 1. The summed E-state index contributed by atoms with van der Waals surface area (Å²) < 4.78 is 47.0. The van der Waals surface area contributed by atoms with Crippen molar-refractivity contribution in [3.05, 3.63) is 83.6 Å². The van der Waals surface area contributed by atoms with Gasteiger partial charge in [-0.3, -0.25) is 0 Å². The third kappa shape index (κ3) is 8.95. The highest BCUT2D eigenvalue weighted by atomic mass is 19.4. The maximum absolute atomic E-state index is 12.5. The molecule has 0 amide bonds. The van der Waals surface area contributed by atoms with Gasteiger partial charge in [-0.15, -0.1) is 13.2 Å². The van der Waals surface area contributed by atoms with Gasteiger partial charge in [-0.05, 0) is 80.1 Å². The van der Waals surface area contributed by atoms with Crippen LogP contribution in [0.15, 0.2) is 66.9 Å². The molecule has 38 heavy (non-hydrogen) atoms. The summed E-state index contributed by atoms with van der Waals surface area (Å²) >= 11 is 0. The van der Waals surface area contributed by atoms with Crippen LogP contribution in [0.5, 0.6) is 11.5 Å². The van der Waals surface area contributed by atoms with Gasteiger partial charge in [0.2, 0.25) is 0 Å². The average molecular weight is 533 g/mol. The zero-order valence-electron chi connectivity index (χ0n) is 21.2. The summed E-state index contributed by atoms with van der Waals surface area (Å²) in [6.45, 7) is 4.02. The van der Waals surface area contributed by atoms with Gasteiger partial charge in [0.05, 0.1) is 0 Å². The van der Waals surface area contributed by atoms with Crippen LogP contribution in [-0.4, -0.2) is 46.3 Å². The number of anilines is 1. The van der Waals surface area contributed by atoms with E-state index in [0.717, 1.165) is 16.7 Å². The van der Waals surface area contributed by atoms with Crippen molar-refractivity contribution < 1.29 is 37.7 Å². The van der Waals surface area contributed by atoms with Crippen LogP contribution in [0.4, 0.5) is 19.0 Å². The summed E-state index contributed by atoms with van der Waals surface area (Å²) in [6.07, 6.45) is -1.02. The Balaban J connectivity index is 1.73. The smallest absolute Gasteiger partial charge is 0.478 e. The maximum atomic E-state index is 12.5. The molecule has 1 heterocycles. The maximum Gasteiger partial charge on any atom is 0.573 e. The Bertz CT molecular complexity index is 1170. The Morgan fingerprint density at radius 3 is 1.97 bits per heavy atom. The summed E-state index contributed by atoms with van der Waals surface area (Å²) in [6, 6.07) is 16.7. The summed E-state index contributed by atoms with van der Waals surface area (Å²) in [5.74, 6) is -0.200. The van der Waals surface area contributed by atoms with Gasteiger partial charge >= 0.3 is 12.3 Å². The molecule has 0 bridgehead atoms. The Hall–Kier alpha value is -3.79. The highest BCUT2D eigenvalue weighted by molar-refractivity contribution is 5.76. The highest BCUT2D eigenvalue weighted by Gasteiger charge is 2.31. The topological polar surface area (TPSA) is 92.1 Å². The van der Waals surface area contributed by atoms with E-state index in [2.05, 4.69) is 9.72 Å². The second-order valence-electron chi connectivity index (χ2n) is 9.28. The van der Waals surface area contributed by atoms with Gasteiger partial charge in [-0.1, -0.05) is 30.3 Å². The Morgan fingerprint density at radius 2 is 1.45 bits per heavy atom. The number of alkyl halides is 3. The van der Waals surface area contributed by atoms with E-state index in [1.807, 2.05) is 29.2 Å². The first kappa shape index (κ1) is 28.8. The van der Waals surface area contributed by atoms with E-state index < -0.39 is 17.9 Å². The lowest BCUT2D eigenvalue weighted by Crippen LogP contribution is -2.37. The van der Waals surface area contributed by atoms with Crippen molar-refractivity contribution in [3.8, 4) is 11.5 Å². The van der Waals surface area contributed by atoms with Gasteiger partial charge in [-0.2, -0.15) is 0 Å². The molecule has 0 unspecified atom stereocenters. The number of aryl methyl sites for hydroxylation is 1. The molecule has 7 nitrogen and oxygen atoms in total.